The molecule has 0 aliphatic rings. The Labute approximate surface area is 234 Å². The van der Waals surface area contributed by atoms with Crippen molar-refractivity contribution in [3.05, 3.63) is 87.0 Å². The molecular weight excluding hydrogens is 548 g/mol. The third-order valence-electron chi connectivity index (χ3n) is 5.81. The number of aliphatic hydroxyl groups is 2. The second kappa shape index (κ2) is 11.6. The van der Waals surface area contributed by atoms with Gasteiger partial charge in [-0.15, -0.1) is 10.2 Å². The Kier molecular flexibility index (Phi) is 8.42. The molecule has 1 aromatic heterocycles. The lowest BCUT2D eigenvalue weighted by Crippen LogP contribution is -2.40. The van der Waals surface area contributed by atoms with Crippen LogP contribution in [0.25, 0.3) is 11.5 Å². The highest BCUT2D eigenvalue weighted by molar-refractivity contribution is 6.32. The highest BCUT2D eigenvalue weighted by atomic mass is 35.5. The first-order chi connectivity index (χ1) is 18.4. The number of nitrogens with zero attached hydrogens (tertiary/aromatic N) is 3. The lowest BCUT2D eigenvalue weighted by Gasteiger charge is -2.24. The van der Waals surface area contributed by atoms with Gasteiger partial charge in [0.15, 0.2) is 11.6 Å². The van der Waals surface area contributed by atoms with E-state index in [-0.39, 0.29) is 57.5 Å². The van der Waals surface area contributed by atoms with E-state index in [1.54, 1.807) is 18.2 Å². The van der Waals surface area contributed by atoms with Gasteiger partial charge in [-0.2, -0.15) is 5.26 Å². The molecule has 4 rings (SSSR count). The van der Waals surface area contributed by atoms with Crippen molar-refractivity contribution in [1.29, 1.82) is 5.26 Å². The first-order valence-electron chi connectivity index (χ1n) is 11.8. The van der Waals surface area contributed by atoms with Crippen molar-refractivity contribution in [2.45, 2.75) is 38.9 Å². The quantitative estimate of drug-likeness (QED) is 0.241. The van der Waals surface area contributed by atoms with Crippen LogP contribution in [0.15, 0.2) is 52.9 Å². The molecule has 3 aromatic carbocycles. The Balaban J connectivity index is 1.51. The van der Waals surface area contributed by atoms with Crippen LogP contribution in [-0.2, 0) is 6.42 Å². The van der Waals surface area contributed by atoms with Crippen LogP contribution in [0, 0.1) is 24.1 Å². The average Bonchev–Trinajstić information content (AvgIpc) is 3.34. The molecule has 0 saturated heterocycles. The maximum absolute atomic E-state index is 15.4. The molecule has 2 N–H and O–H groups in total. The fraction of sp³-hybridized carbons (Fsp3) is 0.250. The minimum atomic E-state index is -1.29. The standard InChI is InChI=1S/C28H24Cl2FN3O5/c1-15-8-19(37-14-23(35)28(2,3)36)5-6-21(15)27-34-33-24(39-27)11-17-4-7-22(30)26(25(17)31)38-20-10-16(13-32)9-18(29)12-20/h4-10,12,23,35-36H,11,14H2,1-3H3/t23-/m0/s1. The first-order valence-corrected chi connectivity index (χ1v) is 12.5. The second-order valence-electron chi connectivity index (χ2n) is 9.37. The molecule has 8 nitrogen and oxygen atoms in total. The zero-order chi connectivity index (χ0) is 28.3. The van der Waals surface area contributed by atoms with E-state index in [0.29, 0.717) is 11.3 Å². The minimum Gasteiger partial charge on any atom is -0.491 e. The molecular formula is C28H24Cl2FN3O5. The normalized spacial score (nSPS) is 12.2. The fourth-order valence-electron chi connectivity index (χ4n) is 3.55. The third-order valence-corrected chi connectivity index (χ3v) is 6.33. The van der Waals surface area contributed by atoms with Crippen LogP contribution in [0.4, 0.5) is 4.39 Å². The summed E-state index contributed by atoms with van der Waals surface area (Å²) in [5, 5.41) is 37.4. The van der Waals surface area contributed by atoms with Gasteiger partial charge in [0, 0.05) is 16.1 Å². The van der Waals surface area contributed by atoms with E-state index in [0.717, 1.165) is 5.56 Å². The van der Waals surface area contributed by atoms with Gasteiger partial charge in [-0.05, 0) is 68.8 Å². The Bertz CT molecular complexity index is 1550. The van der Waals surface area contributed by atoms with Gasteiger partial charge in [0.1, 0.15) is 24.2 Å². The van der Waals surface area contributed by atoms with Gasteiger partial charge in [0.05, 0.1) is 28.7 Å². The predicted octanol–water partition coefficient (Wildman–Crippen LogP) is 6.26. The number of nitriles is 1. The van der Waals surface area contributed by atoms with Crippen LogP contribution >= 0.6 is 23.2 Å². The Morgan fingerprint density at radius 1 is 1.10 bits per heavy atom. The summed E-state index contributed by atoms with van der Waals surface area (Å²) in [6.07, 6.45) is -1.09. The van der Waals surface area contributed by atoms with Crippen molar-refractivity contribution >= 4 is 23.2 Å². The Morgan fingerprint density at radius 3 is 2.56 bits per heavy atom. The van der Waals surface area contributed by atoms with Gasteiger partial charge in [0.25, 0.3) is 0 Å². The summed E-state index contributed by atoms with van der Waals surface area (Å²) in [7, 11) is 0. The number of rotatable bonds is 9. The van der Waals surface area contributed by atoms with E-state index >= 15 is 4.39 Å². The van der Waals surface area contributed by atoms with Crippen LogP contribution in [0.5, 0.6) is 17.2 Å². The summed E-state index contributed by atoms with van der Waals surface area (Å²) < 4.78 is 32.4. The maximum atomic E-state index is 15.4. The molecule has 4 aromatic rings. The second-order valence-corrected chi connectivity index (χ2v) is 10.2. The SMILES string of the molecule is Cc1cc(OC[C@H](O)C(C)(C)O)ccc1-c1nnc(Cc2ccc(Cl)c(Oc3cc(Cl)cc(C#N)c3)c2F)o1. The van der Waals surface area contributed by atoms with E-state index in [1.165, 1.54) is 44.2 Å². The number of halogens is 3. The van der Waals surface area contributed by atoms with Crippen molar-refractivity contribution in [3.8, 4) is 34.8 Å². The van der Waals surface area contributed by atoms with Crippen molar-refractivity contribution in [1.82, 2.24) is 10.2 Å². The van der Waals surface area contributed by atoms with Crippen LogP contribution in [0.2, 0.25) is 10.0 Å². The van der Waals surface area contributed by atoms with Gasteiger partial charge in [-0.1, -0.05) is 29.3 Å². The van der Waals surface area contributed by atoms with E-state index in [9.17, 15) is 10.2 Å². The fourth-order valence-corrected chi connectivity index (χ4v) is 3.96. The highest BCUT2D eigenvalue weighted by Gasteiger charge is 2.25. The minimum absolute atomic E-state index is 0.0274. The Morgan fingerprint density at radius 2 is 1.87 bits per heavy atom. The lowest BCUT2D eigenvalue weighted by molar-refractivity contribution is -0.0661. The van der Waals surface area contributed by atoms with Crippen LogP contribution in [-0.4, -0.2) is 38.7 Å². The molecule has 0 fully saturated rings. The number of hydrogen-bond donors (Lipinski definition) is 2. The van der Waals surface area contributed by atoms with Crippen LogP contribution in [0.1, 0.15) is 36.4 Å². The summed E-state index contributed by atoms with van der Waals surface area (Å²) in [5.41, 5.74) is 0.594. The summed E-state index contributed by atoms with van der Waals surface area (Å²) >= 11 is 12.2. The number of ether oxygens (including phenoxy) is 2. The average molecular weight is 572 g/mol. The van der Waals surface area contributed by atoms with E-state index in [4.69, 9.17) is 42.4 Å². The molecule has 0 aliphatic carbocycles. The van der Waals surface area contributed by atoms with E-state index in [1.807, 2.05) is 13.0 Å². The number of aliphatic hydroxyl groups excluding tert-OH is 1. The van der Waals surface area contributed by atoms with Crippen LogP contribution in [0.3, 0.4) is 0 Å². The van der Waals surface area contributed by atoms with Crippen molar-refractivity contribution in [2.24, 2.45) is 0 Å². The predicted molar refractivity (Wildman–Crippen MR) is 143 cm³/mol. The number of hydrogen-bond acceptors (Lipinski definition) is 8. The zero-order valence-corrected chi connectivity index (χ0v) is 22.7. The largest absolute Gasteiger partial charge is 0.491 e. The van der Waals surface area contributed by atoms with Crippen molar-refractivity contribution < 1.29 is 28.5 Å². The molecule has 39 heavy (non-hydrogen) atoms. The number of benzene rings is 3. The van der Waals surface area contributed by atoms with Gasteiger partial charge in [-0.3, -0.25) is 0 Å². The molecule has 0 unspecified atom stereocenters. The summed E-state index contributed by atoms with van der Waals surface area (Å²) in [5.74, 6) is 0.123. The van der Waals surface area contributed by atoms with Gasteiger partial charge < -0.3 is 24.1 Å². The molecule has 0 spiro atoms. The molecule has 0 radical (unpaired) electrons. The van der Waals surface area contributed by atoms with E-state index in [2.05, 4.69) is 10.2 Å². The smallest absolute Gasteiger partial charge is 0.248 e. The topological polar surface area (TPSA) is 122 Å². The van der Waals surface area contributed by atoms with Gasteiger partial charge in [-0.25, -0.2) is 4.39 Å². The lowest BCUT2D eigenvalue weighted by atomic mass is 10.0. The molecule has 1 atom stereocenters. The number of aromatic nitrogens is 2. The molecule has 0 bridgehead atoms. The molecule has 202 valence electrons. The molecule has 0 aliphatic heterocycles. The van der Waals surface area contributed by atoms with Gasteiger partial charge >= 0.3 is 0 Å². The summed E-state index contributed by atoms with van der Waals surface area (Å²) in [4.78, 5) is 0. The molecule has 0 saturated carbocycles. The van der Waals surface area contributed by atoms with Crippen molar-refractivity contribution in [3.63, 3.8) is 0 Å². The first kappa shape index (κ1) is 28.3. The summed E-state index contributed by atoms with van der Waals surface area (Å²) in [6, 6.07) is 14.4. The zero-order valence-electron chi connectivity index (χ0n) is 21.2. The van der Waals surface area contributed by atoms with Crippen molar-refractivity contribution in [2.75, 3.05) is 6.61 Å². The molecule has 11 heteroatoms. The number of aryl methyl sites for hydroxylation is 1. The van der Waals surface area contributed by atoms with Gasteiger partial charge in [0.2, 0.25) is 11.8 Å². The monoisotopic (exact) mass is 571 g/mol. The van der Waals surface area contributed by atoms with Crippen LogP contribution < -0.4 is 9.47 Å². The summed E-state index contributed by atoms with van der Waals surface area (Å²) in [6.45, 7) is 4.74. The Hall–Kier alpha value is -3.68. The molecule has 0 amide bonds. The third kappa shape index (κ3) is 6.85. The maximum Gasteiger partial charge on any atom is 0.248 e. The van der Waals surface area contributed by atoms with E-state index < -0.39 is 17.5 Å². The molecule has 1 heterocycles. The highest BCUT2D eigenvalue weighted by Crippen LogP contribution is 2.36.